The molecular formula is C38H45N9O2. The molecule has 0 radical (unpaired) electrons. The lowest BCUT2D eigenvalue weighted by Crippen LogP contribution is -2.51. The van der Waals surface area contributed by atoms with Crippen molar-refractivity contribution in [2.75, 3.05) is 68.7 Å². The molecule has 1 atom stereocenters. The Hall–Kier alpha value is -4.77. The number of nitrogens with zero attached hydrogens (tertiary/aromatic N) is 9. The summed E-state index contributed by atoms with van der Waals surface area (Å²) in [5, 5.41) is 4.40. The molecule has 1 spiro atoms. The van der Waals surface area contributed by atoms with Gasteiger partial charge in [0.15, 0.2) is 5.82 Å². The van der Waals surface area contributed by atoms with E-state index in [9.17, 15) is 4.79 Å². The van der Waals surface area contributed by atoms with Crippen LogP contribution in [0.3, 0.4) is 0 Å². The summed E-state index contributed by atoms with van der Waals surface area (Å²) in [7, 11) is 1.88. The molecule has 0 N–H and O–H groups in total. The van der Waals surface area contributed by atoms with E-state index in [2.05, 4.69) is 83.2 Å². The molecule has 2 aromatic heterocycles. The number of pyridine rings is 1. The van der Waals surface area contributed by atoms with Crippen LogP contribution in [-0.2, 0) is 18.4 Å². The van der Waals surface area contributed by atoms with Crippen molar-refractivity contribution in [1.29, 1.82) is 0 Å². The number of anilines is 2. The molecule has 3 fully saturated rings. The van der Waals surface area contributed by atoms with Crippen molar-refractivity contribution in [2.24, 2.45) is 17.5 Å². The monoisotopic (exact) mass is 659 g/mol. The molecule has 4 aliphatic rings. The van der Waals surface area contributed by atoms with Crippen molar-refractivity contribution < 1.29 is 9.53 Å². The molecule has 0 aliphatic carbocycles. The summed E-state index contributed by atoms with van der Waals surface area (Å²) in [5.41, 5.74) is 8.18. The molecular weight excluding hydrogens is 614 g/mol. The maximum Gasteiger partial charge on any atom is 0.236 e. The van der Waals surface area contributed by atoms with Crippen LogP contribution >= 0.6 is 0 Å². The van der Waals surface area contributed by atoms with E-state index >= 15 is 0 Å². The quantitative estimate of drug-likeness (QED) is 0.277. The van der Waals surface area contributed by atoms with Gasteiger partial charge in [0, 0.05) is 98.6 Å². The molecule has 254 valence electrons. The SMILES string of the molecule is CC(C)Oc1ccc(C2=NCc3ccc(N4CCC5(CCN(CC(=O)N6CCN(c7ccc(-c8ncn(C)n8)cc7)CC6)C5)C4)cc32)cn1. The minimum absolute atomic E-state index is 0.0929. The fourth-order valence-corrected chi connectivity index (χ4v) is 7.90. The summed E-state index contributed by atoms with van der Waals surface area (Å²) in [4.78, 5) is 36.5. The molecule has 0 saturated carbocycles. The highest BCUT2D eigenvalue weighted by atomic mass is 16.5. The molecule has 4 aromatic rings. The standard InChI is InChI=1S/C38H45N9O2/c1-27(2)49-34-11-7-30(22-39-34)36-33-20-32(10-6-29(33)21-40-36)47-15-13-38(25-47)12-14-44(24-38)23-35(48)46-18-16-45(17-19-46)31-8-4-28(5-9-31)37-41-26-43(3)42-37/h4-11,20,22,26-27H,12-19,21,23-25H2,1-3H3. The second kappa shape index (κ2) is 12.9. The first-order chi connectivity index (χ1) is 23.8. The number of benzene rings is 2. The molecule has 1 unspecified atom stereocenters. The molecule has 11 nitrogen and oxygen atoms in total. The van der Waals surface area contributed by atoms with E-state index in [0.717, 1.165) is 87.9 Å². The predicted molar refractivity (Wildman–Crippen MR) is 191 cm³/mol. The number of aliphatic imine (C=N–C) groups is 1. The van der Waals surface area contributed by atoms with Crippen LogP contribution < -0.4 is 14.5 Å². The second-order valence-corrected chi connectivity index (χ2v) is 14.3. The van der Waals surface area contributed by atoms with Crippen LogP contribution in [0.15, 0.2) is 72.1 Å². The third kappa shape index (κ3) is 6.51. The smallest absolute Gasteiger partial charge is 0.236 e. The van der Waals surface area contributed by atoms with Crippen molar-refractivity contribution in [3.63, 3.8) is 0 Å². The maximum absolute atomic E-state index is 13.4. The Kier molecular flexibility index (Phi) is 8.31. The Morgan fingerprint density at radius 1 is 0.857 bits per heavy atom. The minimum Gasteiger partial charge on any atom is -0.475 e. The number of carbonyl (C=O) groups excluding carboxylic acids is 1. The normalized spacial score (nSPS) is 20.8. The number of carbonyl (C=O) groups is 1. The number of piperazine rings is 1. The number of fused-ring (bicyclic) bond motifs is 1. The van der Waals surface area contributed by atoms with Gasteiger partial charge in [-0.25, -0.2) is 9.97 Å². The molecule has 1 amide bonds. The zero-order chi connectivity index (χ0) is 33.5. The first-order valence-corrected chi connectivity index (χ1v) is 17.6. The molecule has 4 aliphatic heterocycles. The number of hydrogen-bond acceptors (Lipinski definition) is 9. The molecule has 6 heterocycles. The number of ether oxygens (including phenoxy) is 1. The summed E-state index contributed by atoms with van der Waals surface area (Å²) < 4.78 is 7.46. The van der Waals surface area contributed by atoms with Gasteiger partial charge in [-0.2, -0.15) is 5.10 Å². The Labute approximate surface area is 288 Å². The number of aryl methyl sites for hydroxylation is 1. The molecule has 3 saturated heterocycles. The van der Waals surface area contributed by atoms with Crippen LogP contribution in [0.5, 0.6) is 5.88 Å². The number of hydrogen-bond donors (Lipinski definition) is 0. The van der Waals surface area contributed by atoms with E-state index in [-0.39, 0.29) is 17.4 Å². The fourth-order valence-electron chi connectivity index (χ4n) is 7.90. The summed E-state index contributed by atoms with van der Waals surface area (Å²) >= 11 is 0. The molecule has 2 aromatic carbocycles. The van der Waals surface area contributed by atoms with E-state index in [1.54, 1.807) is 11.0 Å². The highest BCUT2D eigenvalue weighted by Gasteiger charge is 2.44. The van der Waals surface area contributed by atoms with Crippen molar-refractivity contribution in [3.05, 3.63) is 83.8 Å². The lowest BCUT2D eigenvalue weighted by molar-refractivity contribution is -0.132. The van der Waals surface area contributed by atoms with Crippen molar-refractivity contribution in [2.45, 2.75) is 39.3 Å². The van der Waals surface area contributed by atoms with Crippen LogP contribution in [0.1, 0.15) is 43.4 Å². The number of aromatic nitrogens is 4. The maximum atomic E-state index is 13.4. The molecule has 0 bridgehead atoms. The molecule has 8 rings (SSSR count). The first kappa shape index (κ1) is 31.5. The third-order valence-corrected chi connectivity index (χ3v) is 10.5. The van der Waals surface area contributed by atoms with Crippen molar-refractivity contribution >= 4 is 23.0 Å². The van der Waals surface area contributed by atoms with Crippen molar-refractivity contribution in [3.8, 4) is 17.3 Å². The zero-order valence-corrected chi connectivity index (χ0v) is 28.8. The lowest BCUT2D eigenvalue weighted by Gasteiger charge is -2.37. The topological polar surface area (TPSA) is 95.2 Å². The van der Waals surface area contributed by atoms with E-state index in [1.165, 1.54) is 22.5 Å². The summed E-state index contributed by atoms with van der Waals surface area (Å²) in [6.45, 7) is 12.5. The fraction of sp³-hybridized carbons (Fsp3) is 0.447. The van der Waals surface area contributed by atoms with Crippen LogP contribution in [0.25, 0.3) is 11.4 Å². The van der Waals surface area contributed by atoms with E-state index in [0.29, 0.717) is 19.0 Å². The zero-order valence-electron chi connectivity index (χ0n) is 28.8. The van der Waals surface area contributed by atoms with Crippen LogP contribution in [0.4, 0.5) is 11.4 Å². The van der Waals surface area contributed by atoms with Gasteiger partial charge >= 0.3 is 0 Å². The minimum atomic E-state index is 0.0929. The second-order valence-electron chi connectivity index (χ2n) is 14.3. The Morgan fingerprint density at radius 2 is 1.63 bits per heavy atom. The summed E-state index contributed by atoms with van der Waals surface area (Å²) in [6.07, 6.45) is 5.98. The Balaban J connectivity index is 0.837. The van der Waals surface area contributed by atoms with Crippen LogP contribution in [0, 0.1) is 5.41 Å². The van der Waals surface area contributed by atoms with Crippen LogP contribution in [-0.4, -0.2) is 106 Å². The van der Waals surface area contributed by atoms with Gasteiger partial charge in [-0.05, 0) is 81.3 Å². The van der Waals surface area contributed by atoms with E-state index < -0.39 is 0 Å². The number of rotatable bonds is 8. The number of amides is 1. The summed E-state index contributed by atoms with van der Waals surface area (Å²) in [5.74, 6) is 1.63. The van der Waals surface area contributed by atoms with Gasteiger partial charge in [0.2, 0.25) is 11.8 Å². The summed E-state index contributed by atoms with van der Waals surface area (Å²) in [6, 6.07) is 19.2. The molecule has 49 heavy (non-hydrogen) atoms. The van der Waals surface area contributed by atoms with Crippen LogP contribution in [0.2, 0.25) is 0 Å². The largest absolute Gasteiger partial charge is 0.475 e. The molecule has 11 heteroatoms. The average Bonchev–Trinajstić information content (AvgIpc) is 3.92. The first-order valence-electron chi connectivity index (χ1n) is 17.6. The Morgan fingerprint density at radius 3 is 2.37 bits per heavy atom. The predicted octanol–water partition coefficient (Wildman–Crippen LogP) is 4.27. The van der Waals surface area contributed by atoms with Gasteiger partial charge in [0.1, 0.15) is 6.33 Å². The van der Waals surface area contributed by atoms with Gasteiger partial charge in [0.25, 0.3) is 0 Å². The Bertz CT molecular complexity index is 1840. The highest BCUT2D eigenvalue weighted by Crippen LogP contribution is 2.42. The average molecular weight is 660 g/mol. The van der Waals surface area contributed by atoms with Gasteiger partial charge in [0.05, 0.1) is 24.9 Å². The van der Waals surface area contributed by atoms with E-state index in [1.807, 2.05) is 33.2 Å². The van der Waals surface area contributed by atoms with E-state index in [4.69, 9.17) is 9.73 Å². The van der Waals surface area contributed by atoms with Gasteiger partial charge in [-0.1, -0.05) is 6.07 Å². The van der Waals surface area contributed by atoms with Gasteiger partial charge < -0.3 is 19.4 Å². The number of likely N-dealkylation sites (tertiary alicyclic amines) is 1. The van der Waals surface area contributed by atoms with Gasteiger partial charge in [-0.3, -0.25) is 19.4 Å². The third-order valence-electron chi connectivity index (χ3n) is 10.5. The van der Waals surface area contributed by atoms with Gasteiger partial charge in [-0.15, -0.1) is 0 Å². The lowest BCUT2D eigenvalue weighted by atomic mass is 9.86. The highest BCUT2D eigenvalue weighted by molar-refractivity contribution is 6.15. The van der Waals surface area contributed by atoms with Crippen molar-refractivity contribution in [1.82, 2.24) is 29.5 Å².